The molecule has 1 N–H and O–H groups in total. The maximum atomic E-state index is 4.97. The van der Waals surface area contributed by atoms with E-state index in [0.29, 0.717) is 11.8 Å². The van der Waals surface area contributed by atoms with Crippen LogP contribution in [0.25, 0.3) is 43.6 Å². The van der Waals surface area contributed by atoms with Crippen molar-refractivity contribution in [3.8, 4) is 11.3 Å². The van der Waals surface area contributed by atoms with Crippen molar-refractivity contribution >= 4 is 54.5 Å². The summed E-state index contributed by atoms with van der Waals surface area (Å²) in [5, 5.41) is 15.9. The number of hydrogen-bond acceptors (Lipinski definition) is 4. The van der Waals surface area contributed by atoms with Crippen LogP contribution in [0, 0.1) is 23.7 Å². The molecule has 9 rings (SSSR count). The lowest BCUT2D eigenvalue weighted by Gasteiger charge is -2.50. The molecule has 162 valence electrons. The highest BCUT2D eigenvalue weighted by Crippen LogP contribution is 2.52. The van der Waals surface area contributed by atoms with Gasteiger partial charge in [-0.05, 0) is 88.1 Å². The van der Waals surface area contributed by atoms with Gasteiger partial charge in [0.2, 0.25) is 5.13 Å². The molecule has 4 aliphatic carbocycles. The molecular weight excluding hydrogens is 422 g/mol. The Morgan fingerprint density at radius 3 is 2.18 bits per heavy atom. The number of hydrazone groups is 1. The van der Waals surface area contributed by atoms with Crippen molar-refractivity contribution in [3.63, 3.8) is 0 Å². The zero-order valence-electron chi connectivity index (χ0n) is 18.4. The van der Waals surface area contributed by atoms with Gasteiger partial charge in [0.1, 0.15) is 0 Å². The van der Waals surface area contributed by atoms with E-state index in [0.717, 1.165) is 22.7 Å². The first-order valence-electron chi connectivity index (χ1n) is 12.3. The van der Waals surface area contributed by atoms with E-state index in [-0.39, 0.29) is 0 Å². The van der Waals surface area contributed by atoms with Crippen LogP contribution in [0.3, 0.4) is 0 Å². The van der Waals surface area contributed by atoms with Crippen LogP contribution >= 0.6 is 11.3 Å². The van der Waals surface area contributed by atoms with Crippen molar-refractivity contribution in [2.24, 2.45) is 28.8 Å². The maximum Gasteiger partial charge on any atom is 0.203 e. The summed E-state index contributed by atoms with van der Waals surface area (Å²) in [6, 6.07) is 20.0. The quantitative estimate of drug-likeness (QED) is 0.225. The molecule has 0 saturated heterocycles. The second-order valence-electron chi connectivity index (χ2n) is 10.5. The van der Waals surface area contributed by atoms with Crippen LogP contribution in [0.1, 0.15) is 32.1 Å². The first-order chi connectivity index (χ1) is 16.3. The van der Waals surface area contributed by atoms with Crippen LogP contribution in [0.2, 0.25) is 0 Å². The van der Waals surface area contributed by atoms with Gasteiger partial charge >= 0.3 is 0 Å². The van der Waals surface area contributed by atoms with Crippen LogP contribution in [0.4, 0.5) is 5.13 Å². The third-order valence-electron chi connectivity index (χ3n) is 8.56. The summed E-state index contributed by atoms with van der Waals surface area (Å²) < 4.78 is 0. The average molecular weight is 448 g/mol. The first kappa shape index (κ1) is 18.4. The standard InChI is InChI=1S/C29H25N3S/c1-2-18-4-5-20-6-8-23(24-9-7-19(3-1)26(18)27(20)24)25-15-33-29(30-25)32-31-28-21-11-16-10-17(13-21)14-22(28)12-16/h1-9,15-17,21-22H,10-14H2,(H,30,32). The minimum absolute atomic E-state index is 0.714. The van der Waals surface area contributed by atoms with Crippen molar-refractivity contribution in [1.29, 1.82) is 0 Å². The van der Waals surface area contributed by atoms with E-state index in [1.807, 2.05) is 0 Å². The highest BCUT2D eigenvalue weighted by Gasteiger charge is 2.46. The second-order valence-corrected chi connectivity index (χ2v) is 11.3. The fourth-order valence-corrected chi connectivity index (χ4v) is 8.02. The lowest BCUT2D eigenvalue weighted by Crippen LogP contribution is -2.45. The Morgan fingerprint density at radius 1 is 0.758 bits per heavy atom. The Morgan fingerprint density at radius 2 is 1.42 bits per heavy atom. The highest BCUT2D eigenvalue weighted by atomic mass is 32.1. The van der Waals surface area contributed by atoms with Crippen molar-refractivity contribution < 1.29 is 0 Å². The Kier molecular flexibility index (Phi) is 3.78. The van der Waals surface area contributed by atoms with Gasteiger partial charge in [0, 0.05) is 16.7 Å². The first-order valence-corrected chi connectivity index (χ1v) is 13.1. The lowest BCUT2D eigenvalue weighted by atomic mass is 9.55. The van der Waals surface area contributed by atoms with Gasteiger partial charge in [0.15, 0.2) is 0 Å². The zero-order valence-corrected chi connectivity index (χ0v) is 19.2. The molecule has 33 heavy (non-hydrogen) atoms. The Hall–Kier alpha value is -2.98. The van der Waals surface area contributed by atoms with Gasteiger partial charge in [-0.1, -0.05) is 54.6 Å². The number of nitrogens with zero attached hydrogens (tertiary/aromatic N) is 2. The summed E-state index contributed by atoms with van der Waals surface area (Å²) in [6.45, 7) is 0. The van der Waals surface area contributed by atoms with Crippen LogP contribution in [-0.4, -0.2) is 10.7 Å². The van der Waals surface area contributed by atoms with Gasteiger partial charge in [-0.15, -0.1) is 11.3 Å². The van der Waals surface area contributed by atoms with E-state index in [9.17, 15) is 0 Å². The largest absolute Gasteiger partial charge is 0.253 e. The summed E-state index contributed by atoms with van der Waals surface area (Å²) >= 11 is 1.66. The number of thiazole rings is 1. The maximum absolute atomic E-state index is 4.97. The topological polar surface area (TPSA) is 37.3 Å². The van der Waals surface area contributed by atoms with Gasteiger partial charge in [-0.2, -0.15) is 5.10 Å². The molecule has 1 heterocycles. The molecule has 0 spiro atoms. The third kappa shape index (κ3) is 2.73. The molecule has 4 saturated carbocycles. The number of anilines is 1. The van der Waals surface area contributed by atoms with E-state index in [4.69, 9.17) is 10.1 Å². The van der Waals surface area contributed by atoms with Gasteiger partial charge in [0.25, 0.3) is 0 Å². The van der Waals surface area contributed by atoms with E-state index in [1.165, 1.54) is 75.7 Å². The molecule has 0 radical (unpaired) electrons. The highest BCUT2D eigenvalue weighted by molar-refractivity contribution is 7.14. The van der Waals surface area contributed by atoms with Crippen molar-refractivity contribution in [3.05, 3.63) is 60.0 Å². The molecular formula is C29H25N3S. The van der Waals surface area contributed by atoms with Crippen LogP contribution in [-0.2, 0) is 0 Å². The Balaban J connectivity index is 1.17. The molecule has 0 atom stereocenters. The van der Waals surface area contributed by atoms with Crippen molar-refractivity contribution in [1.82, 2.24) is 4.98 Å². The lowest BCUT2D eigenvalue weighted by molar-refractivity contribution is 0.108. The molecule has 0 aliphatic heterocycles. The molecule has 4 heteroatoms. The predicted molar refractivity (Wildman–Crippen MR) is 139 cm³/mol. The smallest absolute Gasteiger partial charge is 0.203 e. The van der Waals surface area contributed by atoms with Crippen LogP contribution in [0.15, 0.2) is 65.1 Å². The summed E-state index contributed by atoms with van der Waals surface area (Å²) in [4.78, 5) is 4.97. The van der Waals surface area contributed by atoms with E-state index >= 15 is 0 Å². The monoisotopic (exact) mass is 447 g/mol. The van der Waals surface area contributed by atoms with Crippen molar-refractivity contribution in [2.75, 3.05) is 5.43 Å². The van der Waals surface area contributed by atoms with E-state index in [1.54, 1.807) is 11.3 Å². The molecule has 4 bridgehead atoms. The molecule has 4 fully saturated rings. The molecule has 0 unspecified atom stereocenters. The minimum Gasteiger partial charge on any atom is -0.253 e. The summed E-state index contributed by atoms with van der Waals surface area (Å²) in [5.41, 5.74) is 7.02. The molecule has 1 aromatic heterocycles. The normalized spacial score (nSPS) is 26.1. The Labute approximate surface area is 196 Å². The van der Waals surface area contributed by atoms with E-state index < -0.39 is 0 Å². The van der Waals surface area contributed by atoms with Crippen molar-refractivity contribution in [2.45, 2.75) is 32.1 Å². The van der Waals surface area contributed by atoms with Gasteiger partial charge in [-0.3, -0.25) is 5.43 Å². The SMILES string of the molecule is c1cc2ccc3ccc(-c4csc(NN=C5C6CC7CC(C6)CC5C7)n4)c4ccc(c1)c2c34. The molecule has 5 aromatic rings. The fourth-order valence-electron chi connectivity index (χ4n) is 7.37. The number of aromatic nitrogens is 1. The minimum atomic E-state index is 0.714. The molecule has 0 amide bonds. The van der Waals surface area contributed by atoms with E-state index in [2.05, 4.69) is 65.4 Å². The Bertz CT molecular complexity index is 1520. The van der Waals surface area contributed by atoms with Crippen LogP contribution in [0.5, 0.6) is 0 Å². The van der Waals surface area contributed by atoms with Crippen LogP contribution < -0.4 is 5.43 Å². The van der Waals surface area contributed by atoms with Gasteiger partial charge < -0.3 is 0 Å². The number of hydrogen-bond donors (Lipinski definition) is 1. The second kappa shape index (κ2) is 6.77. The summed E-state index contributed by atoms with van der Waals surface area (Å²) in [6.07, 6.45) is 6.92. The fraction of sp³-hybridized carbons (Fsp3) is 0.310. The summed E-state index contributed by atoms with van der Waals surface area (Å²) in [5.74, 6) is 3.36. The molecule has 4 aromatic carbocycles. The molecule has 4 aliphatic rings. The third-order valence-corrected chi connectivity index (χ3v) is 9.31. The number of rotatable bonds is 3. The zero-order chi connectivity index (χ0) is 21.5. The van der Waals surface area contributed by atoms with Gasteiger partial charge in [0.05, 0.1) is 5.69 Å². The number of benzene rings is 4. The average Bonchev–Trinajstić information content (AvgIpc) is 3.30. The number of nitrogens with one attached hydrogen (secondary N) is 1. The molecule has 3 nitrogen and oxygen atoms in total. The predicted octanol–water partition coefficient (Wildman–Crippen LogP) is 7.93. The summed E-state index contributed by atoms with van der Waals surface area (Å²) in [7, 11) is 0. The van der Waals surface area contributed by atoms with Gasteiger partial charge in [-0.25, -0.2) is 4.98 Å².